The topological polar surface area (TPSA) is 48.1 Å². The van der Waals surface area contributed by atoms with Gasteiger partial charge in [0, 0.05) is 10.8 Å². The van der Waals surface area contributed by atoms with Gasteiger partial charge in [-0.2, -0.15) is 0 Å². The summed E-state index contributed by atoms with van der Waals surface area (Å²) in [5.74, 6) is 1.40. The third-order valence-electron chi connectivity index (χ3n) is 2.94. The molecule has 0 aliphatic carbocycles. The number of hydrogen-bond acceptors (Lipinski definition) is 3. The van der Waals surface area contributed by atoms with Crippen molar-refractivity contribution in [2.24, 2.45) is 0 Å². The molecule has 3 aromatic rings. The summed E-state index contributed by atoms with van der Waals surface area (Å²) in [5, 5.41) is 3.15. The first-order valence-electron chi connectivity index (χ1n) is 5.41. The summed E-state index contributed by atoms with van der Waals surface area (Å²) in [6.07, 6.45) is 0. The lowest BCUT2D eigenvalue weighted by molar-refractivity contribution is 0.415. The van der Waals surface area contributed by atoms with Crippen molar-refractivity contribution in [3.05, 3.63) is 42.5 Å². The normalized spacial score (nSPS) is 10.9. The number of rotatable bonds is 1. The standard InChI is InChI=1S/C14H12N2O/c1-17-9-6-7-13-12(8-9)10-4-2-3-5-11(10)14(15)16-13/h2-8H,1H3,(H2,15,16). The summed E-state index contributed by atoms with van der Waals surface area (Å²) < 4.78 is 5.24. The smallest absolute Gasteiger partial charge is 0.131 e. The number of fused-ring (bicyclic) bond motifs is 3. The van der Waals surface area contributed by atoms with Crippen LogP contribution in [0.25, 0.3) is 21.7 Å². The van der Waals surface area contributed by atoms with Crippen molar-refractivity contribution in [1.29, 1.82) is 0 Å². The van der Waals surface area contributed by atoms with E-state index in [1.807, 2.05) is 36.4 Å². The van der Waals surface area contributed by atoms with Crippen LogP contribution in [0, 0.1) is 0 Å². The fourth-order valence-corrected chi connectivity index (χ4v) is 2.09. The zero-order valence-corrected chi connectivity index (χ0v) is 9.47. The Morgan fingerprint density at radius 3 is 2.53 bits per heavy atom. The van der Waals surface area contributed by atoms with Crippen molar-refractivity contribution in [3.63, 3.8) is 0 Å². The number of methoxy groups -OCH3 is 1. The van der Waals surface area contributed by atoms with Gasteiger partial charge in [-0.3, -0.25) is 0 Å². The second kappa shape index (κ2) is 3.63. The van der Waals surface area contributed by atoms with E-state index in [9.17, 15) is 0 Å². The maximum Gasteiger partial charge on any atom is 0.131 e. The number of pyridine rings is 1. The van der Waals surface area contributed by atoms with Crippen LogP contribution in [-0.2, 0) is 0 Å². The van der Waals surface area contributed by atoms with E-state index >= 15 is 0 Å². The van der Waals surface area contributed by atoms with E-state index < -0.39 is 0 Å². The summed E-state index contributed by atoms with van der Waals surface area (Å²) in [7, 11) is 1.66. The monoisotopic (exact) mass is 224 g/mol. The van der Waals surface area contributed by atoms with E-state index in [0.717, 1.165) is 27.4 Å². The van der Waals surface area contributed by atoms with Gasteiger partial charge in [0.25, 0.3) is 0 Å². The van der Waals surface area contributed by atoms with Crippen LogP contribution < -0.4 is 10.5 Å². The van der Waals surface area contributed by atoms with Gasteiger partial charge in [0.2, 0.25) is 0 Å². The molecule has 0 radical (unpaired) electrons. The third-order valence-corrected chi connectivity index (χ3v) is 2.94. The van der Waals surface area contributed by atoms with E-state index in [1.54, 1.807) is 7.11 Å². The molecular formula is C14H12N2O. The Labute approximate surface area is 98.8 Å². The molecule has 3 rings (SSSR count). The fourth-order valence-electron chi connectivity index (χ4n) is 2.09. The molecule has 0 saturated carbocycles. The molecule has 0 saturated heterocycles. The lowest BCUT2D eigenvalue weighted by Gasteiger charge is -2.07. The highest BCUT2D eigenvalue weighted by atomic mass is 16.5. The lowest BCUT2D eigenvalue weighted by Crippen LogP contribution is -1.93. The largest absolute Gasteiger partial charge is 0.497 e. The molecule has 84 valence electrons. The minimum atomic E-state index is 0.568. The van der Waals surface area contributed by atoms with Crippen LogP contribution in [0.4, 0.5) is 5.82 Å². The van der Waals surface area contributed by atoms with Gasteiger partial charge < -0.3 is 10.5 Å². The van der Waals surface area contributed by atoms with Crippen molar-refractivity contribution in [2.75, 3.05) is 12.8 Å². The Morgan fingerprint density at radius 1 is 1.00 bits per heavy atom. The molecule has 0 aliphatic heterocycles. The SMILES string of the molecule is COc1ccc2nc(N)c3ccccc3c2c1. The second-order valence-electron chi connectivity index (χ2n) is 3.93. The van der Waals surface area contributed by atoms with Crippen LogP contribution in [0.15, 0.2) is 42.5 Å². The quantitative estimate of drug-likeness (QED) is 0.646. The Kier molecular flexibility index (Phi) is 2.11. The highest BCUT2D eigenvalue weighted by Crippen LogP contribution is 2.29. The van der Waals surface area contributed by atoms with Crippen molar-refractivity contribution in [1.82, 2.24) is 4.98 Å². The van der Waals surface area contributed by atoms with Gasteiger partial charge in [-0.05, 0) is 23.6 Å². The molecule has 0 bridgehead atoms. The highest BCUT2D eigenvalue weighted by molar-refractivity contribution is 6.09. The summed E-state index contributed by atoms with van der Waals surface area (Å²) in [6, 6.07) is 13.8. The average Bonchev–Trinajstić information content (AvgIpc) is 2.39. The average molecular weight is 224 g/mol. The van der Waals surface area contributed by atoms with Crippen molar-refractivity contribution >= 4 is 27.5 Å². The van der Waals surface area contributed by atoms with E-state index in [2.05, 4.69) is 11.1 Å². The first kappa shape index (κ1) is 9.90. The summed E-state index contributed by atoms with van der Waals surface area (Å²) >= 11 is 0. The number of hydrogen-bond donors (Lipinski definition) is 1. The van der Waals surface area contributed by atoms with Crippen LogP contribution >= 0.6 is 0 Å². The van der Waals surface area contributed by atoms with E-state index in [-0.39, 0.29) is 0 Å². The number of aromatic nitrogens is 1. The molecule has 0 unspecified atom stereocenters. The summed E-state index contributed by atoms with van der Waals surface area (Å²) in [5.41, 5.74) is 6.84. The van der Waals surface area contributed by atoms with Gasteiger partial charge in [0.1, 0.15) is 11.6 Å². The predicted octanol–water partition coefficient (Wildman–Crippen LogP) is 2.98. The molecule has 3 heteroatoms. The van der Waals surface area contributed by atoms with Crippen LogP contribution in [0.5, 0.6) is 5.75 Å². The molecule has 0 aliphatic rings. The van der Waals surface area contributed by atoms with Gasteiger partial charge in [-0.1, -0.05) is 24.3 Å². The van der Waals surface area contributed by atoms with Crippen molar-refractivity contribution in [2.45, 2.75) is 0 Å². The highest BCUT2D eigenvalue weighted by Gasteiger charge is 2.06. The summed E-state index contributed by atoms with van der Waals surface area (Å²) in [4.78, 5) is 4.40. The predicted molar refractivity (Wildman–Crippen MR) is 70.2 cm³/mol. The molecule has 0 amide bonds. The van der Waals surface area contributed by atoms with Gasteiger partial charge >= 0.3 is 0 Å². The number of nitrogens with zero attached hydrogens (tertiary/aromatic N) is 1. The molecular weight excluding hydrogens is 212 g/mol. The number of nitrogen functional groups attached to an aromatic ring is 1. The van der Waals surface area contributed by atoms with Gasteiger partial charge in [0.05, 0.1) is 12.6 Å². The van der Waals surface area contributed by atoms with Crippen molar-refractivity contribution in [3.8, 4) is 5.75 Å². The third kappa shape index (κ3) is 1.47. The van der Waals surface area contributed by atoms with Crippen LogP contribution in [-0.4, -0.2) is 12.1 Å². The number of ether oxygens (including phenoxy) is 1. The Balaban J connectivity index is 2.51. The van der Waals surface area contributed by atoms with E-state index in [4.69, 9.17) is 10.5 Å². The molecule has 0 spiro atoms. The molecule has 0 fully saturated rings. The number of nitrogens with two attached hydrogens (primary N) is 1. The minimum Gasteiger partial charge on any atom is -0.497 e. The maximum atomic E-state index is 5.95. The zero-order chi connectivity index (χ0) is 11.8. The Bertz CT molecular complexity index is 707. The van der Waals surface area contributed by atoms with E-state index in [1.165, 1.54) is 0 Å². The first-order chi connectivity index (χ1) is 8.29. The zero-order valence-electron chi connectivity index (χ0n) is 9.47. The van der Waals surface area contributed by atoms with Gasteiger partial charge in [-0.25, -0.2) is 4.98 Å². The number of anilines is 1. The second-order valence-corrected chi connectivity index (χ2v) is 3.93. The molecule has 3 nitrogen and oxygen atoms in total. The van der Waals surface area contributed by atoms with Crippen LogP contribution in [0.1, 0.15) is 0 Å². The molecule has 0 atom stereocenters. The van der Waals surface area contributed by atoms with E-state index in [0.29, 0.717) is 5.82 Å². The Morgan fingerprint density at radius 2 is 1.76 bits per heavy atom. The summed E-state index contributed by atoms with van der Waals surface area (Å²) in [6.45, 7) is 0. The van der Waals surface area contributed by atoms with Crippen LogP contribution in [0.3, 0.4) is 0 Å². The maximum absolute atomic E-state index is 5.95. The molecule has 1 heterocycles. The van der Waals surface area contributed by atoms with Gasteiger partial charge in [0.15, 0.2) is 0 Å². The lowest BCUT2D eigenvalue weighted by atomic mass is 10.1. The fraction of sp³-hybridized carbons (Fsp3) is 0.0714. The molecule has 1 aromatic heterocycles. The Hall–Kier alpha value is -2.29. The van der Waals surface area contributed by atoms with Crippen molar-refractivity contribution < 1.29 is 4.74 Å². The molecule has 2 N–H and O–H groups in total. The molecule has 2 aromatic carbocycles. The number of benzene rings is 2. The minimum absolute atomic E-state index is 0.568. The van der Waals surface area contributed by atoms with Gasteiger partial charge in [-0.15, -0.1) is 0 Å². The first-order valence-corrected chi connectivity index (χ1v) is 5.41. The molecule has 17 heavy (non-hydrogen) atoms. The van der Waals surface area contributed by atoms with Crippen LogP contribution in [0.2, 0.25) is 0 Å².